The second-order valence-electron chi connectivity index (χ2n) is 8.98. The maximum atomic E-state index is 13.2. The van der Waals surface area contributed by atoms with Crippen LogP contribution in [0.3, 0.4) is 0 Å². The van der Waals surface area contributed by atoms with E-state index in [9.17, 15) is 4.79 Å². The molecule has 170 valence electrons. The predicted molar refractivity (Wildman–Crippen MR) is 126 cm³/mol. The molecule has 7 nitrogen and oxygen atoms in total. The molecule has 1 aliphatic rings. The summed E-state index contributed by atoms with van der Waals surface area (Å²) in [6, 6.07) is 13.7. The highest BCUT2D eigenvalue weighted by molar-refractivity contribution is 5.91. The first kappa shape index (κ1) is 22.1. The Kier molecular flexibility index (Phi) is 6.65. The minimum absolute atomic E-state index is 0.0834. The van der Waals surface area contributed by atoms with Gasteiger partial charge in [-0.3, -0.25) is 4.79 Å². The zero-order valence-electron chi connectivity index (χ0n) is 19.5. The highest BCUT2D eigenvalue weighted by Gasteiger charge is 2.28. The summed E-state index contributed by atoms with van der Waals surface area (Å²) in [5.74, 6) is 1.72. The van der Waals surface area contributed by atoms with E-state index < -0.39 is 0 Å². The zero-order valence-corrected chi connectivity index (χ0v) is 19.5. The zero-order chi connectivity index (χ0) is 22.7. The Hall–Kier alpha value is -3.06. The summed E-state index contributed by atoms with van der Waals surface area (Å²) in [4.78, 5) is 19.9. The molecule has 3 heterocycles. The van der Waals surface area contributed by atoms with Crippen LogP contribution in [0.4, 0.5) is 5.82 Å². The summed E-state index contributed by atoms with van der Waals surface area (Å²) >= 11 is 0. The van der Waals surface area contributed by atoms with E-state index in [1.54, 1.807) is 18.4 Å². The number of para-hydroxylation sites is 1. The van der Waals surface area contributed by atoms with E-state index in [0.29, 0.717) is 24.8 Å². The highest BCUT2D eigenvalue weighted by Crippen LogP contribution is 2.30. The first-order valence-electron chi connectivity index (χ1n) is 11.3. The van der Waals surface area contributed by atoms with Crippen LogP contribution in [0.15, 0.2) is 53.1 Å². The number of piperazine rings is 1. The number of rotatable bonds is 7. The number of likely N-dealkylation sites (N-methyl/N-ethyl adjacent to an activating group) is 1. The van der Waals surface area contributed by atoms with Gasteiger partial charge in [0.15, 0.2) is 5.76 Å². The fourth-order valence-corrected chi connectivity index (χ4v) is 4.23. The Balaban J connectivity index is 1.74. The van der Waals surface area contributed by atoms with E-state index in [0.717, 1.165) is 48.9 Å². The number of benzene rings is 1. The summed E-state index contributed by atoms with van der Waals surface area (Å²) in [7, 11) is 2.16. The molecule has 3 aromatic rings. The molecule has 1 fully saturated rings. The highest BCUT2D eigenvalue weighted by atomic mass is 16.3. The Morgan fingerprint density at radius 3 is 2.44 bits per heavy atom. The van der Waals surface area contributed by atoms with Crippen LogP contribution in [0.1, 0.15) is 35.7 Å². The lowest BCUT2D eigenvalue weighted by Gasteiger charge is -2.35. The van der Waals surface area contributed by atoms with Crippen LogP contribution in [0.2, 0.25) is 0 Å². The molecule has 1 amide bonds. The number of nitrogens with zero attached hydrogens (tertiary/aromatic N) is 5. The van der Waals surface area contributed by atoms with Gasteiger partial charge in [0.1, 0.15) is 5.82 Å². The van der Waals surface area contributed by atoms with Crippen LogP contribution < -0.4 is 4.90 Å². The van der Waals surface area contributed by atoms with E-state index in [1.807, 2.05) is 34.7 Å². The third kappa shape index (κ3) is 4.72. The van der Waals surface area contributed by atoms with Crippen molar-refractivity contribution in [1.82, 2.24) is 19.6 Å². The predicted octanol–water partition coefficient (Wildman–Crippen LogP) is 3.82. The smallest absolute Gasteiger partial charge is 0.289 e. The summed E-state index contributed by atoms with van der Waals surface area (Å²) < 4.78 is 7.47. The van der Waals surface area contributed by atoms with Crippen molar-refractivity contribution in [2.24, 2.45) is 5.92 Å². The van der Waals surface area contributed by atoms with Gasteiger partial charge in [-0.25, -0.2) is 4.68 Å². The molecular weight excluding hydrogens is 402 g/mol. The molecule has 0 aliphatic carbocycles. The number of furan rings is 1. The minimum Gasteiger partial charge on any atom is -0.459 e. The Bertz CT molecular complexity index is 1020. The number of carbonyl (C=O) groups excluding carboxylic acids is 1. The van der Waals surface area contributed by atoms with Crippen LogP contribution in [0, 0.1) is 12.8 Å². The van der Waals surface area contributed by atoms with Crippen molar-refractivity contribution in [3.8, 4) is 5.69 Å². The van der Waals surface area contributed by atoms with Gasteiger partial charge in [-0.1, -0.05) is 32.0 Å². The Labute approximate surface area is 190 Å². The van der Waals surface area contributed by atoms with Gasteiger partial charge >= 0.3 is 0 Å². The monoisotopic (exact) mass is 435 g/mol. The van der Waals surface area contributed by atoms with Gasteiger partial charge in [0.2, 0.25) is 0 Å². The summed E-state index contributed by atoms with van der Waals surface area (Å²) in [5.41, 5.74) is 3.08. The fraction of sp³-hybridized carbons (Fsp3) is 0.440. The lowest BCUT2D eigenvalue weighted by molar-refractivity contribution is 0.0690. The van der Waals surface area contributed by atoms with E-state index >= 15 is 0 Å². The number of hydrogen-bond donors (Lipinski definition) is 0. The maximum Gasteiger partial charge on any atom is 0.289 e. The fourth-order valence-electron chi connectivity index (χ4n) is 4.23. The van der Waals surface area contributed by atoms with Crippen LogP contribution in [0.25, 0.3) is 5.69 Å². The van der Waals surface area contributed by atoms with Gasteiger partial charge < -0.3 is 19.1 Å². The number of amides is 1. The van der Waals surface area contributed by atoms with Gasteiger partial charge in [0.05, 0.1) is 24.2 Å². The van der Waals surface area contributed by atoms with E-state index in [4.69, 9.17) is 9.52 Å². The SMILES string of the molecule is Cc1nn(-c2ccccc2)c(N2CCN(C)CC2)c1CN(CC(C)C)C(=O)c1ccco1. The van der Waals surface area contributed by atoms with Crippen molar-refractivity contribution in [2.45, 2.75) is 27.3 Å². The Morgan fingerprint density at radius 2 is 1.81 bits per heavy atom. The minimum atomic E-state index is -0.0834. The van der Waals surface area contributed by atoms with Gasteiger partial charge in [0, 0.05) is 38.3 Å². The van der Waals surface area contributed by atoms with Crippen molar-refractivity contribution >= 4 is 11.7 Å². The Morgan fingerprint density at radius 1 is 1.09 bits per heavy atom. The first-order chi connectivity index (χ1) is 15.4. The second kappa shape index (κ2) is 9.61. The molecule has 0 unspecified atom stereocenters. The second-order valence-corrected chi connectivity index (χ2v) is 8.98. The number of aryl methyl sites for hydroxylation is 1. The van der Waals surface area contributed by atoms with Crippen molar-refractivity contribution < 1.29 is 9.21 Å². The van der Waals surface area contributed by atoms with Crippen molar-refractivity contribution in [1.29, 1.82) is 0 Å². The molecule has 0 spiro atoms. The number of anilines is 1. The van der Waals surface area contributed by atoms with E-state index in [2.05, 4.69) is 42.8 Å². The van der Waals surface area contributed by atoms with Crippen LogP contribution >= 0.6 is 0 Å². The average molecular weight is 436 g/mol. The summed E-state index contributed by atoms with van der Waals surface area (Å²) in [6.07, 6.45) is 1.55. The van der Waals surface area contributed by atoms with E-state index in [1.165, 1.54) is 0 Å². The molecule has 0 N–H and O–H groups in total. The quantitative estimate of drug-likeness (QED) is 0.565. The average Bonchev–Trinajstić information content (AvgIpc) is 3.43. The lowest BCUT2D eigenvalue weighted by Crippen LogP contribution is -2.45. The number of carbonyl (C=O) groups is 1. The van der Waals surface area contributed by atoms with Crippen molar-refractivity contribution in [3.63, 3.8) is 0 Å². The van der Waals surface area contributed by atoms with Crippen LogP contribution in [-0.2, 0) is 6.54 Å². The summed E-state index contributed by atoms with van der Waals surface area (Å²) in [6.45, 7) is 11.3. The summed E-state index contributed by atoms with van der Waals surface area (Å²) in [5, 5.41) is 4.93. The van der Waals surface area contributed by atoms with Gasteiger partial charge in [-0.15, -0.1) is 0 Å². The normalized spacial score (nSPS) is 14.8. The molecule has 2 aromatic heterocycles. The molecule has 0 bridgehead atoms. The molecule has 1 aromatic carbocycles. The standard InChI is InChI=1S/C25H33N5O2/c1-19(2)17-29(25(31)23-11-8-16-32-23)18-22-20(3)26-30(21-9-6-5-7-10-21)24(22)28-14-12-27(4)13-15-28/h5-11,16,19H,12-15,17-18H2,1-4H3. The molecule has 0 saturated carbocycles. The van der Waals surface area contributed by atoms with Crippen molar-refractivity contribution in [2.75, 3.05) is 44.7 Å². The van der Waals surface area contributed by atoms with E-state index in [-0.39, 0.29) is 5.91 Å². The molecule has 32 heavy (non-hydrogen) atoms. The number of aromatic nitrogens is 2. The van der Waals surface area contributed by atoms with Crippen LogP contribution in [0.5, 0.6) is 0 Å². The van der Waals surface area contributed by atoms with Crippen molar-refractivity contribution in [3.05, 3.63) is 65.7 Å². The third-order valence-corrected chi connectivity index (χ3v) is 5.91. The molecule has 1 aliphatic heterocycles. The number of hydrogen-bond acceptors (Lipinski definition) is 5. The molecule has 0 atom stereocenters. The first-order valence-corrected chi connectivity index (χ1v) is 11.3. The third-order valence-electron chi connectivity index (χ3n) is 5.91. The van der Waals surface area contributed by atoms with Crippen LogP contribution in [-0.4, -0.2) is 65.3 Å². The van der Waals surface area contributed by atoms with Gasteiger partial charge in [-0.2, -0.15) is 5.10 Å². The molecule has 1 saturated heterocycles. The molecular formula is C25H33N5O2. The van der Waals surface area contributed by atoms with Gasteiger partial charge in [0.25, 0.3) is 5.91 Å². The maximum absolute atomic E-state index is 13.2. The molecule has 0 radical (unpaired) electrons. The molecule has 7 heteroatoms. The lowest BCUT2D eigenvalue weighted by atomic mass is 10.1. The van der Waals surface area contributed by atoms with Gasteiger partial charge in [-0.05, 0) is 44.2 Å². The largest absolute Gasteiger partial charge is 0.459 e. The molecule has 4 rings (SSSR count). The topological polar surface area (TPSA) is 57.8 Å².